The van der Waals surface area contributed by atoms with Crippen LogP contribution in [-0.2, 0) is 5.41 Å². The zero-order chi connectivity index (χ0) is 12.6. The van der Waals surface area contributed by atoms with Gasteiger partial charge in [0.15, 0.2) is 0 Å². The topological polar surface area (TPSA) is 0 Å². The fraction of sp³-hybridized carbons (Fsp3) is 0.412. The average Bonchev–Trinajstić information content (AvgIpc) is 2.77. The van der Waals surface area contributed by atoms with E-state index in [1.807, 2.05) is 0 Å². The molecule has 0 fully saturated rings. The molecular weight excluding hydrogens is 204 g/mol. The van der Waals surface area contributed by atoms with Gasteiger partial charge in [-0.3, -0.25) is 0 Å². The maximum absolute atomic E-state index is 2.37. The number of hydrogen-bond donors (Lipinski definition) is 0. The monoisotopic (exact) mass is 226 g/mol. The van der Waals surface area contributed by atoms with E-state index in [9.17, 15) is 0 Å². The van der Waals surface area contributed by atoms with E-state index in [0.29, 0.717) is 5.92 Å². The van der Waals surface area contributed by atoms with Crippen LogP contribution >= 0.6 is 0 Å². The molecule has 0 N–H and O–H groups in total. The fourth-order valence-corrected chi connectivity index (χ4v) is 2.75. The number of rotatable bonds is 2. The van der Waals surface area contributed by atoms with Gasteiger partial charge in [-0.2, -0.15) is 0 Å². The molecule has 0 heteroatoms. The van der Waals surface area contributed by atoms with Crippen LogP contribution in [0.1, 0.15) is 36.1 Å². The zero-order valence-electron chi connectivity index (χ0n) is 11.5. The highest BCUT2D eigenvalue weighted by molar-refractivity contribution is 5.42. The lowest BCUT2D eigenvalue weighted by Crippen LogP contribution is -2.26. The van der Waals surface area contributed by atoms with Gasteiger partial charge in [0.2, 0.25) is 0 Å². The molecule has 0 atom stereocenters. The Kier molecular flexibility index (Phi) is 2.99. The summed E-state index contributed by atoms with van der Waals surface area (Å²) in [6.07, 6.45) is 8.91. The molecule has 0 amide bonds. The SMILES string of the molecule is Cc1cc(C)c(C(C)(C)C2C=CC=C2)cc1C. The number of aryl methyl sites for hydroxylation is 3. The predicted molar refractivity (Wildman–Crippen MR) is 75.4 cm³/mol. The van der Waals surface area contributed by atoms with Crippen molar-refractivity contribution in [1.82, 2.24) is 0 Å². The molecule has 0 bridgehead atoms. The molecule has 0 aromatic heterocycles. The van der Waals surface area contributed by atoms with Gasteiger partial charge in [-0.1, -0.05) is 50.3 Å². The molecule has 2 rings (SSSR count). The summed E-state index contributed by atoms with van der Waals surface area (Å²) in [6, 6.07) is 4.68. The van der Waals surface area contributed by atoms with Crippen molar-refractivity contribution in [2.24, 2.45) is 5.92 Å². The highest BCUT2D eigenvalue weighted by Crippen LogP contribution is 2.38. The summed E-state index contributed by atoms with van der Waals surface area (Å²) in [7, 11) is 0. The third kappa shape index (κ3) is 2.09. The van der Waals surface area contributed by atoms with Crippen LogP contribution < -0.4 is 0 Å². The van der Waals surface area contributed by atoms with Gasteiger partial charge in [0.1, 0.15) is 0 Å². The molecule has 0 radical (unpaired) electrons. The van der Waals surface area contributed by atoms with Gasteiger partial charge in [0.05, 0.1) is 0 Å². The zero-order valence-corrected chi connectivity index (χ0v) is 11.5. The van der Waals surface area contributed by atoms with E-state index in [0.717, 1.165) is 0 Å². The standard InChI is InChI=1S/C17H22/c1-12-10-14(3)16(11-13(12)2)17(4,5)15-8-6-7-9-15/h6-11,15H,1-5H3. The van der Waals surface area contributed by atoms with Crippen LogP contribution in [0, 0.1) is 26.7 Å². The van der Waals surface area contributed by atoms with Crippen molar-refractivity contribution in [1.29, 1.82) is 0 Å². The summed E-state index contributed by atoms with van der Waals surface area (Å²) in [5, 5.41) is 0. The third-order valence-electron chi connectivity index (χ3n) is 4.12. The molecule has 0 unspecified atom stereocenters. The highest BCUT2D eigenvalue weighted by Gasteiger charge is 2.30. The van der Waals surface area contributed by atoms with E-state index in [1.54, 1.807) is 0 Å². The normalized spacial score (nSPS) is 15.8. The van der Waals surface area contributed by atoms with Crippen molar-refractivity contribution in [2.75, 3.05) is 0 Å². The van der Waals surface area contributed by atoms with Gasteiger partial charge in [-0.15, -0.1) is 0 Å². The van der Waals surface area contributed by atoms with Crippen LogP contribution in [0.3, 0.4) is 0 Å². The molecule has 17 heavy (non-hydrogen) atoms. The second-order valence-electron chi connectivity index (χ2n) is 5.77. The molecule has 1 aromatic rings. The van der Waals surface area contributed by atoms with Crippen molar-refractivity contribution < 1.29 is 0 Å². The molecule has 0 nitrogen and oxygen atoms in total. The predicted octanol–water partition coefficient (Wildman–Crippen LogP) is 4.63. The Hall–Kier alpha value is -1.30. The lowest BCUT2D eigenvalue weighted by molar-refractivity contribution is 0.445. The molecule has 1 aliphatic rings. The Labute approximate surface area is 105 Å². The number of benzene rings is 1. The lowest BCUT2D eigenvalue weighted by atomic mass is 9.72. The summed E-state index contributed by atoms with van der Waals surface area (Å²) in [4.78, 5) is 0. The van der Waals surface area contributed by atoms with Gasteiger partial charge in [-0.25, -0.2) is 0 Å². The smallest absolute Gasteiger partial charge is 0.00446 e. The minimum Gasteiger partial charge on any atom is -0.0768 e. The summed E-state index contributed by atoms with van der Waals surface area (Å²) < 4.78 is 0. The van der Waals surface area contributed by atoms with Gasteiger partial charge < -0.3 is 0 Å². The molecule has 0 saturated carbocycles. The van der Waals surface area contributed by atoms with Crippen LogP contribution in [-0.4, -0.2) is 0 Å². The Bertz CT molecular complexity index is 475. The first-order valence-electron chi connectivity index (χ1n) is 6.36. The Balaban J connectivity index is 2.49. The number of hydrogen-bond acceptors (Lipinski definition) is 0. The van der Waals surface area contributed by atoms with Gasteiger partial charge in [0.25, 0.3) is 0 Å². The second-order valence-corrected chi connectivity index (χ2v) is 5.77. The Morgan fingerprint density at radius 2 is 1.35 bits per heavy atom. The van der Waals surface area contributed by atoms with Crippen molar-refractivity contribution in [2.45, 2.75) is 40.0 Å². The fourth-order valence-electron chi connectivity index (χ4n) is 2.75. The van der Waals surface area contributed by atoms with E-state index in [-0.39, 0.29) is 5.41 Å². The maximum atomic E-state index is 2.37. The minimum atomic E-state index is 0.173. The molecule has 0 heterocycles. The molecule has 90 valence electrons. The molecular formula is C17H22. The van der Waals surface area contributed by atoms with Crippen molar-refractivity contribution >= 4 is 0 Å². The third-order valence-corrected chi connectivity index (χ3v) is 4.12. The number of allylic oxidation sites excluding steroid dienone is 4. The molecule has 0 aliphatic heterocycles. The van der Waals surface area contributed by atoms with Gasteiger partial charge >= 0.3 is 0 Å². The first kappa shape index (κ1) is 12.2. The Morgan fingerprint density at radius 3 is 1.94 bits per heavy atom. The minimum absolute atomic E-state index is 0.173. The summed E-state index contributed by atoms with van der Waals surface area (Å²) in [6.45, 7) is 11.3. The van der Waals surface area contributed by atoms with E-state index in [2.05, 4.69) is 71.1 Å². The average molecular weight is 226 g/mol. The largest absolute Gasteiger partial charge is 0.0768 e. The quantitative estimate of drug-likeness (QED) is 0.689. The van der Waals surface area contributed by atoms with Crippen LogP contribution in [0.25, 0.3) is 0 Å². The van der Waals surface area contributed by atoms with Crippen molar-refractivity contribution in [3.63, 3.8) is 0 Å². The van der Waals surface area contributed by atoms with E-state index >= 15 is 0 Å². The molecule has 1 aromatic carbocycles. The summed E-state index contributed by atoms with van der Waals surface area (Å²) in [5.41, 5.74) is 5.84. The van der Waals surface area contributed by atoms with Crippen LogP contribution in [0.15, 0.2) is 36.4 Å². The van der Waals surface area contributed by atoms with Crippen LogP contribution in [0.2, 0.25) is 0 Å². The van der Waals surface area contributed by atoms with E-state index < -0.39 is 0 Å². The molecule has 0 spiro atoms. The Morgan fingerprint density at radius 1 is 0.824 bits per heavy atom. The highest BCUT2D eigenvalue weighted by atomic mass is 14.3. The van der Waals surface area contributed by atoms with Crippen LogP contribution in [0.5, 0.6) is 0 Å². The molecule has 1 aliphatic carbocycles. The first-order valence-corrected chi connectivity index (χ1v) is 6.36. The van der Waals surface area contributed by atoms with E-state index in [4.69, 9.17) is 0 Å². The van der Waals surface area contributed by atoms with Gasteiger partial charge in [0, 0.05) is 5.92 Å². The van der Waals surface area contributed by atoms with E-state index in [1.165, 1.54) is 22.3 Å². The van der Waals surface area contributed by atoms with Crippen molar-refractivity contribution in [3.05, 3.63) is 58.7 Å². The molecule has 0 saturated heterocycles. The van der Waals surface area contributed by atoms with Crippen molar-refractivity contribution in [3.8, 4) is 0 Å². The maximum Gasteiger partial charge on any atom is 0.00446 e. The second kappa shape index (κ2) is 4.18. The lowest BCUT2D eigenvalue weighted by Gasteiger charge is -2.32. The summed E-state index contributed by atoms with van der Waals surface area (Å²) >= 11 is 0. The first-order chi connectivity index (χ1) is 7.93. The summed E-state index contributed by atoms with van der Waals surface area (Å²) in [5.74, 6) is 0.517. The van der Waals surface area contributed by atoms with Gasteiger partial charge in [-0.05, 0) is 48.4 Å². The van der Waals surface area contributed by atoms with Crippen LogP contribution in [0.4, 0.5) is 0 Å².